The van der Waals surface area contributed by atoms with E-state index in [9.17, 15) is 0 Å². The van der Waals surface area contributed by atoms with Crippen LogP contribution in [0.4, 0.5) is 11.6 Å². The van der Waals surface area contributed by atoms with Crippen molar-refractivity contribution in [2.75, 3.05) is 11.1 Å². The van der Waals surface area contributed by atoms with Gasteiger partial charge in [0.2, 0.25) is 0 Å². The first-order chi connectivity index (χ1) is 7.00. The number of nitrogens with two attached hydrogens (primary N) is 1. The number of hydrogen-bond donors (Lipinski definition) is 2. The number of nitrogens with zero attached hydrogens (tertiary/aromatic N) is 2. The van der Waals surface area contributed by atoms with Crippen LogP contribution >= 0.6 is 0 Å². The molecule has 82 valence electrons. The third kappa shape index (κ3) is 1.89. The van der Waals surface area contributed by atoms with Gasteiger partial charge in [0.1, 0.15) is 17.5 Å². The van der Waals surface area contributed by atoms with Crippen LogP contribution in [0.25, 0.3) is 0 Å². The molecular formula is C11H18N4. The summed E-state index contributed by atoms with van der Waals surface area (Å²) in [5.41, 5.74) is 6.97. The molecule has 0 bridgehead atoms. The van der Waals surface area contributed by atoms with Crippen LogP contribution in [0, 0.1) is 13.8 Å². The second-order valence-corrected chi connectivity index (χ2v) is 4.67. The van der Waals surface area contributed by atoms with Crippen molar-refractivity contribution in [2.45, 2.75) is 45.6 Å². The van der Waals surface area contributed by atoms with Gasteiger partial charge in [-0.25, -0.2) is 9.97 Å². The van der Waals surface area contributed by atoms with Crippen molar-refractivity contribution >= 4 is 11.6 Å². The molecule has 0 atom stereocenters. The van der Waals surface area contributed by atoms with Gasteiger partial charge in [0.15, 0.2) is 0 Å². The van der Waals surface area contributed by atoms with E-state index in [4.69, 9.17) is 5.73 Å². The minimum absolute atomic E-state index is 0.206. The van der Waals surface area contributed by atoms with E-state index < -0.39 is 0 Å². The van der Waals surface area contributed by atoms with Gasteiger partial charge >= 0.3 is 0 Å². The minimum Gasteiger partial charge on any atom is -0.383 e. The van der Waals surface area contributed by atoms with Gasteiger partial charge in [0, 0.05) is 11.1 Å². The highest BCUT2D eigenvalue weighted by Gasteiger charge is 2.32. The van der Waals surface area contributed by atoms with Crippen LogP contribution in [0.1, 0.15) is 37.6 Å². The Morgan fingerprint density at radius 2 is 1.93 bits per heavy atom. The summed E-state index contributed by atoms with van der Waals surface area (Å²) in [5, 5.41) is 3.47. The second kappa shape index (κ2) is 3.36. The zero-order valence-electron chi connectivity index (χ0n) is 9.59. The molecule has 1 aromatic heterocycles. The predicted molar refractivity (Wildman–Crippen MR) is 61.8 cm³/mol. The molecule has 1 aromatic rings. The molecule has 0 amide bonds. The van der Waals surface area contributed by atoms with E-state index in [2.05, 4.69) is 22.2 Å². The van der Waals surface area contributed by atoms with E-state index in [1.165, 1.54) is 19.3 Å². The molecule has 1 aliphatic rings. The van der Waals surface area contributed by atoms with Gasteiger partial charge in [-0.1, -0.05) is 0 Å². The van der Waals surface area contributed by atoms with Crippen LogP contribution < -0.4 is 11.1 Å². The first-order valence-electron chi connectivity index (χ1n) is 5.39. The average Bonchev–Trinajstić information content (AvgIpc) is 2.11. The van der Waals surface area contributed by atoms with Crippen molar-refractivity contribution in [2.24, 2.45) is 0 Å². The van der Waals surface area contributed by atoms with Crippen LogP contribution in [0.2, 0.25) is 0 Å². The molecule has 0 spiro atoms. The topological polar surface area (TPSA) is 63.8 Å². The van der Waals surface area contributed by atoms with Gasteiger partial charge in [-0.2, -0.15) is 0 Å². The Balaban J connectivity index is 2.27. The monoisotopic (exact) mass is 206 g/mol. The van der Waals surface area contributed by atoms with Crippen molar-refractivity contribution in [3.8, 4) is 0 Å². The summed E-state index contributed by atoms with van der Waals surface area (Å²) in [4.78, 5) is 8.53. The number of aromatic nitrogens is 2. The molecular weight excluding hydrogens is 188 g/mol. The molecule has 4 heteroatoms. The van der Waals surface area contributed by atoms with Crippen molar-refractivity contribution in [3.63, 3.8) is 0 Å². The van der Waals surface area contributed by atoms with E-state index in [1.807, 2.05) is 13.8 Å². The van der Waals surface area contributed by atoms with Gasteiger partial charge in [-0.05, 0) is 40.0 Å². The lowest BCUT2D eigenvalue weighted by Crippen LogP contribution is -2.42. The summed E-state index contributed by atoms with van der Waals surface area (Å²) in [6, 6.07) is 0. The number of rotatable bonds is 2. The van der Waals surface area contributed by atoms with Gasteiger partial charge in [-0.15, -0.1) is 0 Å². The predicted octanol–water partition coefficient (Wildman–Crippen LogP) is 2.03. The highest BCUT2D eigenvalue weighted by atomic mass is 15.1. The summed E-state index contributed by atoms with van der Waals surface area (Å²) in [5.74, 6) is 2.19. The lowest BCUT2D eigenvalue weighted by atomic mass is 9.78. The Morgan fingerprint density at radius 1 is 1.27 bits per heavy atom. The first-order valence-corrected chi connectivity index (χ1v) is 5.39. The molecule has 2 rings (SSSR count). The molecule has 0 unspecified atom stereocenters. The SMILES string of the molecule is Cc1nc(N)c(C)c(NC2(C)CCC2)n1. The molecule has 1 heterocycles. The molecule has 1 saturated carbocycles. The molecule has 0 radical (unpaired) electrons. The van der Waals surface area contributed by atoms with Crippen LogP contribution in [-0.4, -0.2) is 15.5 Å². The van der Waals surface area contributed by atoms with Crippen LogP contribution in [0.3, 0.4) is 0 Å². The molecule has 15 heavy (non-hydrogen) atoms. The molecule has 1 fully saturated rings. The van der Waals surface area contributed by atoms with Crippen LogP contribution in [-0.2, 0) is 0 Å². The maximum absolute atomic E-state index is 5.81. The number of nitrogen functional groups attached to an aromatic ring is 1. The molecule has 0 saturated heterocycles. The Kier molecular flexibility index (Phi) is 2.29. The summed E-state index contributed by atoms with van der Waals surface area (Å²) in [6.07, 6.45) is 3.70. The summed E-state index contributed by atoms with van der Waals surface area (Å²) < 4.78 is 0. The highest BCUT2D eigenvalue weighted by Crippen LogP contribution is 2.35. The number of nitrogens with one attached hydrogen (secondary N) is 1. The third-order valence-corrected chi connectivity index (χ3v) is 3.17. The van der Waals surface area contributed by atoms with Crippen molar-refractivity contribution in [1.29, 1.82) is 0 Å². The number of anilines is 2. The van der Waals surface area contributed by atoms with Crippen molar-refractivity contribution in [1.82, 2.24) is 9.97 Å². The summed E-state index contributed by atoms with van der Waals surface area (Å²) in [7, 11) is 0. The zero-order valence-corrected chi connectivity index (χ0v) is 9.59. The Bertz CT molecular complexity index is 382. The van der Waals surface area contributed by atoms with Crippen molar-refractivity contribution < 1.29 is 0 Å². The van der Waals surface area contributed by atoms with Crippen LogP contribution in [0.15, 0.2) is 0 Å². The Hall–Kier alpha value is -1.32. The maximum atomic E-state index is 5.81. The maximum Gasteiger partial charge on any atom is 0.135 e. The number of hydrogen-bond acceptors (Lipinski definition) is 4. The fourth-order valence-electron chi connectivity index (χ4n) is 1.89. The molecule has 3 N–H and O–H groups in total. The molecule has 0 aromatic carbocycles. The Labute approximate surface area is 90.3 Å². The van der Waals surface area contributed by atoms with Crippen molar-refractivity contribution in [3.05, 3.63) is 11.4 Å². The van der Waals surface area contributed by atoms with Gasteiger partial charge in [0.25, 0.3) is 0 Å². The molecule has 0 aliphatic heterocycles. The van der Waals surface area contributed by atoms with Gasteiger partial charge < -0.3 is 11.1 Å². The lowest BCUT2D eigenvalue weighted by molar-refractivity contribution is 0.305. The lowest BCUT2D eigenvalue weighted by Gasteiger charge is -2.40. The standard InChI is InChI=1S/C11H18N4/c1-7-9(12)13-8(2)14-10(7)15-11(3)5-4-6-11/h4-6H2,1-3H3,(H3,12,13,14,15). The van der Waals surface area contributed by atoms with E-state index in [-0.39, 0.29) is 5.54 Å². The second-order valence-electron chi connectivity index (χ2n) is 4.67. The third-order valence-electron chi connectivity index (χ3n) is 3.17. The fraction of sp³-hybridized carbons (Fsp3) is 0.636. The van der Waals surface area contributed by atoms with Crippen LogP contribution in [0.5, 0.6) is 0 Å². The highest BCUT2D eigenvalue weighted by molar-refractivity contribution is 5.56. The van der Waals surface area contributed by atoms with E-state index in [0.29, 0.717) is 5.82 Å². The normalized spacial score (nSPS) is 18.3. The van der Waals surface area contributed by atoms with Gasteiger partial charge in [0.05, 0.1) is 0 Å². The van der Waals surface area contributed by atoms with E-state index >= 15 is 0 Å². The largest absolute Gasteiger partial charge is 0.383 e. The van der Waals surface area contributed by atoms with E-state index in [1.54, 1.807) is 0 Å². The zero-order chi connectivity index (χ0) is 11.1. The summed E-state index contributed by atoms with van der Waals surface area (Å²) >= 11 is 0. The first kappa shape index (κ1) is 10.2. The minimum atomic E-state index is 0.206. The van der Waals surface area contributed by atoms with E-state index in [0.717, 1.165) is 17.2 Å². The molecule has 4 nitrogen and oxygen atoms in total. The molecule has 1 aliphatic carbocycles. The Morgan fingerprint density at radius 3 is 2.47 bits per heavy atom. The smallest absolute Gasteiger partial charge is 0.135 e. The van der Waals surface area contributed by atoms with Gasteiger partial charge in [-0.3, -0.25) is 0 Å². The summed E-state index contributed by atoms with van der Waals surface area (Å²) in [6.45, 7) is 6.05. The average molecular weight is 206 g/mol. The quantitative estimate of drug-likeness (QED) is 0.777. The fourth-order valence-corrected chi connectivity index (χ4v) is 1.89. The number of aryl methyl sites for hydroxylation is 1.